The Bertz CT molecular complexity index is 809. The molecular formula is C17H12O6. The first-order valence-corrected chi connectivity index (χ1v) is 7.09. The first-order chi connectivity index (χ1) is 11.1. The molecule has 2 aromatic rings. The molecule has 2 aliphatic rings. The Morgan fingerprint density at radius 2 is 1.74 bits per heavy atom. The molecule has 2 aromatic carbocycles. The fourth-order valence-electron chi connectivity index (χ4n) is 2.90. The number of hydrogen-bond donors (Lipinski definition) is 1. The summed E-state index contributed by atoms with van der Waals surface area (Å²) in [4.78, 5) is 22.9. The van der Waals surface area contributed by atoms with Gasteiger partial charge in [-0.3, -0.25) is 4.79 Å². The summed E-state index contributed by atoms with van der Waals surface area (Å²) < 4.78 is 16.0. The third-order valence-corrected chi connectivity index (χ3v) is 4.04. The Kier molecular flexibility index (Phi) is 2.97. The molecule has 23 heavy (non-hydrogen) atoms. The van der Waals surface area contributed by atoms with Crippen molar-refractivity contribution in [2.45, 2.75) is 12.3 Å². The van der Waals surface area contributed by atoms with Crippen molar-refractivity contribution in [2.24, 2.45) is 0 Å². The van der Waals surface area contributed by atoms with E-state index in [0.717, 1.165) is 11.1 Å². The van der Waals surface area contributed by atoms with Gasteiger partial charge in [-0.15, -0.1) is 0 Å². The van der Waals surface area contributed by atoms with Crippen LogP contribution in [0.25, 0.3) is 0 Å². The SMILES string of the molecule is O=C1C[C@H](c2ccc(C(=O)O)cc2)c2cc3c(cc2O1)OCO3. The number of ether oxygens (including phenoxy) is 3. The van der Waals surface area contributed by atoms with Gasteiger partial charge in [-0.25, -0.2) is 4.79 Å². The molecule has 6 heteroatoms. The number of carboxylic acid groups (broad SMARTS) is 1. The lowest BCUT2D eigenvalue weighted by Gasteiger charge is -2.25. The molecular weight excluding hydrogens is 300 g/mol. The van der Waals surface area contributed by atoms with Crippen molar-refractivity contribution in [3.63, 3.8) is 0 Å². The van der Waals surface area contributed by atoms with Crippen LogP contribution in [0, 0.1) is 0 Å². The van der Waals surface area contributed by atoms with Gasteiger partial charge < -0.3 is 19.3 Å². The van der Waals surface area contributed by atoms with E-state index in [9.17, 15) is 9.59 Å². The molecule has 2 aliphatic heterocycles. The average Bonchev–Trinajstić information content (AvgIpc) is 2.99. The Hall–Kier alpha value is -3.02. The van der Waals surface area contributed by atoms with E-state index >= 15 is 0 Å². The van der Waals surface area contributed by atoms with E-state index < -0.39 is 5.97 Å². The highest BCUT2D eigenvalue weighted by Gasteiger charge is 2.31. The molecule has 2 heterocycles. The van der Waals surface area contributed by atoms with Gasteiger partial charge in [-0.05, 0) is 23.8 Å². The maximum atomic E-state index is 11.9. The van der Waals surface area contributed by atoms with E-state index in [4.69, 9.17) is 19.3 Å². The lowest BCUT2D eigenvalue weighted by atomic mass is 9.86. The summed E-state index contributed by atoms with van der Waals surface area (Å²) in [5, 5.41) is 8.99. The number of carboxylic acids is 1. The maximum absolute atomic E-state index is 11.9. The normalized spacial score (nSPS) is 18.3. The minimum absolute atomic E-state index is 0.143. The van der Waals surface area contributed by atoms with Gasteiger partial charge in [0.2, 0.25) is 6.79 Å². The minimum atomic E-state index is -0.983. The third kappa shape index (κ3) is 2.28. The largest absolute Gasteiger partial charge is 0.478 e. The summed E-state index contributed by atoms with van der Waals surface area (Å²) in [5.41, 5.74) is 1.89. The molecule has 0 aromatic heterocycles. The third-order valence-electron chi connectivity index (χ3n) is 4.04. The fraction of sp³-hybridized carbons (Fsp3) is 0.176. The van der Waals surface area contributed by atoms with Crippen LogP contribution in [-0.4, -0.2) is 23.8 Å². The molecule has 0 unspecified atom stereocenters. The molecule has 0 spiro atoms. The lowest BCUT2D eigenvalue weighted by molar-refractivity contribution is -0.135. The summed E-state index contributed by atoms with van der Waals surface area (Å²) in [6.07, 6.45) is 0.194. The van der Waals surface area contributed by atoms with Crippen LogP contribution in [0.15, 0.2) is 36.4 Å². The van der Waals surface area contributed by atoms with Gasteiger partial charge >= 0.3 is 11.9 Å². The van der Waals surface area contributed by atoms with Gasteiger partial charge in [0.15, 0.2) is 11.5 Å². The second-order valence-corrected chi connectivity index (χ2v) is 5.40. The van der Waals surface area contributed by atoms with Crippen molar-refractivity contribution in [3.05, 3.63) is 53.1 Å². The predicted molar refractivity (Wildman–Crippen MR) is 78.1 cm³/mol. The van der Waals surface area contributed by atoms with Crippen LogP contribution in [-0.2, 0) is 4.79 Å². The van der Waals surface area contributed by atoms with Crippen LogP contribution < -0.4 is 14.2 Å². The van der Waals surface area contributed by atoms with Crippen LogP contribution in [0.4, 0.5) is 0 Å². The second-order valence-electron chi connectivity index (χ2n) is 5.40. The molecule has 0 aliphatic carbocycles. The lowest BCUT2D eigenvalue weighted by Crippen LogP contribution is -2.21. The van der Waals surface area contributed by atoms with Crippen LogP contribution in [0.2, 0.25) is 0 Å². The zero-order valence-corrected chi connectivity index (χ0v) is 11.9. The number of carbonyl (C=O) groups is 2. The standard InChI is InChI=1S/C17H12O6/c18-16-6-11(9-1-3-10(4-2-9)17(19)20)12-5-14-15(22-8-21-14)7-13(12)23-16/h1-5,7,11H,6,8H2,(H,19,20)/t11-/m1/s1. The zero-order chi connectivity index (χ0) is 16.0. The topological polar surface area (TPSA) is 82.1 Å². The van der Waals surface area contributed by atoms with Gasteiger partial charge in [-0.2, -0.15) is 0 Å². The van der Waals surface area contributed by atoms with E-state index in [1.54, 1.807) is 18.2 Å². The number of esters is 1. The van der Waals surface area contributed by atoms with Gasteiger partial charge in [0.1, 0.15) is 5.75 Å². The highest BCUT2D eigenvalue weighted by molar-refractivity contribution is 5.87. The number of rotatable bonds is 2. The van der Waals surface area contributed by atoms with Crippen molar-refractivity contribution in [1.82, 2.24) is 0 Å². The smallest absolute Gasteiger partial charge is 0.335 e. The number of carbonyl (C=O) groups excluding carboxylic acids is 1. The van der Waals surface area contributed by atoms with Crippen LogP contribution in [0.1, 0.15) is 33.8 Å². The fourth-order valence-corrected chi connectivity index (χ4v) is 2.90. The summed E-state index contributed by atoms with van der Waals surface area (Å²) in [7, 11) is 0. The molecule has 0 amide bonds. The maximum Gasteiger partial charge on any atom is 0.335 e. The molecule has 4 rings (SSSR count). The molecule has 0 bridgehead atoms. The van der Waals surface area contributed by atoms with E-state index in [1.807, 2.05) is 6.07 Å². The summed E-state index contributed by atoms with van der Waals surface area (Å²) in [6.45, 7) is 0.143. The molecule has 0 saturated carbocycles. The molecule has 1 N–H and O–H groups in total. The van der Waals surface area contributed by atoms with Crippen molar-refractivity contribution < 1.29 is 28.9 Å². The predicted octanol–water partition coefficient (Wildman–Crippen LogP) is 2.55. The Morgan fingerprint density at radius 3 is 2.43 bits per heavy atom. The molecule has 6 nitrogen and oxygen atoms in total. The summed E-state index contributed by atoms with van der Waals surface area (Å²) in [6, 6.07) is 9.99. The van der Waals surface area contributed by atoms with Crippen molar-refractivity contribution in [3.8, 4) is 17.2 Å². The number of hydrogen-bond acceptors (Lipinski definition) is 5. The Morgan fingerprint density at radius 1 is 1.04 bits per heavy atom. The van der Waals surface area contributed by atoms with E-state index in [2.05, 4.69) is 0 Å². The monoisotopic (exact) mass is 312 g/mol. The van der Waals surface area contributed by atoms with E-state index in [-0.39, 0.29) is 30.7 Å². The van der Waals surface area contributed by atoms with E-state index in [0.29, 0.717) is 17.2 Å². The van der Waals surface area contributed by atoms with Crippen LogP contribution >= 0.6 is 0 Å². The summed E-state index contributed by atoms with van der Waals surface area (Å²) in [5.74, 6) is 0.112. The van der Waals surface area contributed by atoms with Crippen LogP contribution in [0.3, 0.4) is 0 Å². The zero-order valence-electron chi connectivity index (χ0n) is 11.9. The van der Waals surface area contributed by atoms with Crippen molar-refractivity contribution >= 4 is 11.9 Å². The molecule has 0 radical (unpaired) electrons. The highest BCUT2D eigenvalue weighted by Crippen LogP contribution is 2.45. The molecule has 116 valence electrons. The molecule has 1 atom stereocenters. The number of aromatic carboxylic acids is 1. The van der Waals surface area contributed by atoms with Crippen molar-refractivity contribution in [2.75, 3.05) is 6.79 Å². The highest BCUT2D eigenvalue weighted by atomic mass is 16.7. The molecule has 0 fully saturated rings. The molecule has 0 saturated heterocycles. The van der Waals surface area contributed by atoms with Gasteiger partial charge in [0.05, 0.1) is 12.0 Å². The van der Waals surface area contributed by atoms with Gasteiger partial charge in [0.25, 0.3) is 0 Å². The van der Waals surface area contributed by atoms with Gasteiger partial charge in [0, 0.05) is 17.5 Å². The van der Waals surface area contributed by atoms with E-state index in [1.165, 1.54) is 12.1 Å². The average molecular weight is 312 g/mol. The Labute approximate surface area is 131 Å². The number of fused-ring (bicyclic) bond motifs is 2. The first-order valence-electron chi connectivity index (χ1n) is 7.09. The number of benzene rings is 2. The van der Waals surface area contributed by atoms with Gasteiger partial charge in [-0.1, -0.05) is 12.1 Å². The Balaban J connectivity index is 1.78. The van der Waals surface area contributed by atoms with Crippen LogP contribution in [0.5, 0.6) is 17.2 Å². The quantitative estimate of drug-likeness (QED) is 0.678. The second kappa shape index (κ2) is 5.01. The van der Waals surface area contributed by atoms with Crippen molar-refractivity contribution in [1.29, 1.82) is 0 Å². The summed E-state index contributed by atoms with van der Waals surface area (Å²) >= 11 is 0. The first kappa shape index (κ1) is 13.6. The minimum Gasteiger partial charge on any atom is -0.478 e.